The molecule has 1 aromatic carbocycles. The van der Waals surface area contributed by atoms with E-state index < -0.39 is 0 Å². The number of hydrazone groups is 1. The maximum absolute atomic E-state index is 13.3. The molecule has 1 saturated heterocycles. The Balaban J connectivity index is 1.57. The Morgan fingerprint density at radius 2 is 1.92 bits per heavy atom. The van der Waals surface area contributed by atoms with Gasteiger partial charge >= 0.3 is 0 Å². The van der Waals surface area contributed by atoms with Gasteiger partial charge in [-0.25, -0.2) is 9.40 Å². The summed E-state index contributed by atoms with van der Waals surface area (Å²) in [5.74, 6) is -0.245. The van der Waals surface area contributed by atoms with Gasteiger partial charge in [0, 0.05) is 6.42 Å². The molecule has 4 nitrogen and oxygen atoms in total. The number of benzene rings is 1. The van der Waals surface area contributed by atoms with Gasteiger partial charge < -0.3 is 0 Å². The third-order valence-electron chi connectivity index (χ3n) is 5.03. The molecule has 3 heterocycles. The zero-order valence-corrected chi connectivity index (χ0v) is 15.4. The van der Waals surface area contributed by atoms with Crippen LogP contribution in [0.25, 0.3) is 0 Å². The number of nitrogens with zero attached hydrogens (tertiary/aromatic N) is 3. The maximum atomic E-state index is 13.3. The minimum Gasteiger partial charge on any atom is -0.294 e. The Bertz CT molecular complexity index is 782. The fraction of sp³-hybridized carbons (Fsp3) is 0.400. The number of carbonyl (C=O) groups excluding carboxylic acids is 1. The minimum atomic E-state index is -0.266. The Kier molecular flexibility index (Phi) is 5.13. The monoisotopic (exact) mass is 371 g/mol. The van der Waals surface area contributed by atoms with E-state index in [1.54, 1.807) is 28.5 Å². The molecule has 0 N–H and O–H groups in total. The molecule has 136 valence electrons. The summed E-state index contributed by atoms with van der Waals surface area (Å²) in [6, 6.07) is 10.3. The van der Waals surface area contributed by atoms with Crippen molar-refractivity contribution in [1.82, 2.24) is 9.91 Å². The first-order valence-corrected chi connectivity index (χ1v) is 10.00. The predicted octanol–water partition coefficient (Wildman–Crippen LogP) is 4.05. The molecule has 0 saturated carbocycles. The van der Waals surface area contributed by atoms with E-state index in [4.69, 9.17) is 0 Å². The second-order valence-corrected chi connectivity index (χ2v) is 7.82. The van der Waals surface area contributed by atoms with Crippen molar-refractivity contribution in [2.24, 2.45) is 5.10 Å². The molecule has 1 aromatic heterocycles. The van der Waals surface area contributed by atoms with Crippen LogP contribution in [0.15, 0.2) is 46.9 Å². The van der Waals surface area contributed by atoms with Crippen LogP contribution in [-0.2, 0) is 4.79 Å². The van der Waals surface area contributed by atoms with Crippen molar-refractivity contribution in [3.05, 3.63) is 58.0 Å². The number of carbonyl (C=O) groups is 1. The largest absolute Gasteiger partial charge is 0.294 e. The molecule has 1 atom stereocenters. The first-order chi connectivity index (χ1) is 12.7. The Hall–Kier alpha value is -2.05. The quantitative estimate of drug-likeness (QED) is 0.813. The van der Waals surface area contributed by atoms with E-state index in [-0.39, 0.29) is 17.8 Å². The van der Waals surface area contributed by atoms with Crippen LogP contribution in [-0.4, -0.2) is 41.2 Å². The molecule has 1 unspecified atom stereocenters. The number of hydrogen-bond acceptors (Lipinski definition) is 4. The lowest BCUT2D eigenvalue weighted by Gasteiger charge is -2.29. The summed E-state index contributed by atoms with van der Waals surface area (Å²) in [6.07, 6.45) is 4.21. The van der Waals surface area contributed by atoms with E-state index in [1.165, 1.54) is 18.6 Å². The van der Waals surface area contributed by atoms with Crippen LogP contribution in [0.5, 0.6) is 0 Å². The smallest absolute Gasteiger partial charge is 0.257 e. The number of rotatable bonds is 4. The van der Waals surface area contributed by atoms with Crippen LogP contribution < -0.4 is 0 Å². The molecule has 0 aliphatic carbocycles. The summed E-state index contributed by atoms with van der Waals surface area (Å²) in [5, 5.41) is 8.31. The maximum Gasteiger partial charge on any atom is 0.257 e. The number of halogens is 1. The third-order valence-corrected chi connectivity index (χ3v) is 5.95. The SMILES string of the molecule is O=C(CN1CCCCC1)N1N=C(c2cccs2)CC1c1ccc(F)cc1. The van der Waals surface area contributed by atoms with Gasteiger partial charge in [0.05, 0.1) is 23.2 Å². The molecule has 2 aliphatic rings. The van der Waals surface area contributed by atoms with Crippen molar-refractivity contribution in [2.75, 3.05) is 19.6 Å². The van der Waals surface area contributed by atoms with Crippen LogP contribution >= 0.6 is 11.3 Å². The van der Waals surface area contributed by atoms with E-state index in [1.807, 2.05) is 17.5 Å². The van der Waals surface area contributed by atoms with Crippen molar-refractivity contribution < 1.29 is 9.18 Å². The van der Waals surface area contributed by atoms with Crippen LogP contribution in [0, 0.1) is 5.82 Å². The first-order valence-electron chi connectivity index (χ1n) is 9.12. The summed E-state index contributed by atoms with van der Waals surface area (Å²) in [6.45, 7) is 2.35. The van der Waals surface area contributed by atoms with Crippen molar-refractivity contribution >= 4 is 23.0 Å². The average Bonchev–Trinajstić information content (AvgIpc) is 3.33. The second kappa shape index (κ2) is 7.68. The molecule has 1 fully saturated rings. The van der Waals surface area contributed by atoms with Crippen LogP contribution in [0.4, 0.5) is 4.39 Å². The fourth-order valence-corrected chi connectivity index (χ4v) is 4.38. The normalized spacial score (nSPS) is 21.0. The van der Waals surface area contributed by atoms with Crippen LogP contribution in [0.1, 0.15) is 42.2 Å². The van der Waals surface area contributed by atoms with E-state index >= 15 is 0 Å². The summed E-state index contributed by atoms with van der Waals surface area (Å²) in [7, 11) is 0. The molecule has 0 spiro atoms. The molecular weight excluding hydrogens is 349 g/mol. The molecule has 26 heavy (non-hydrogen) atoms. The van der Waals surface area contributed by atoms with Gasteiger partial charge in [0.15, 0.2) is 0 Å². The van der Waals surface area contributed by atoms with E-state index in [0.717, 1.165) is 42.1 Å². The molecule has 2 aromatic rings. The zero-order valence-electron chi connectivity index (χ0n) is 14.6. The van der Waals surface area contributed by atoms with Gasteiger partial charge in [0.25, 0.3) is 5.91 Å². The number of hydrogen-bond donors (Lipinski definition) is 0. The standard InChI is InChI=1S/C20H22FN3OS/c21-16-8-6-15(7-9-16)18-13-17(19-5-4-12-26-19)22-24(18)20(25)14-23-10-2-1-3-11-23/h4-9,12,18H,1-3,10-11,13-14H2. The van der Waals surface area contributed by atoms with Gasteiger partial charge in [-0.2, -0.15) is 5.10 Å². The summed E-state index contributed by atoms with van der Waals surface area (Å²) < 4.78 is 13.3. The van der Waals surface area contributed by atoms with Crippen molar-refractivity contribution in [1.29, 1.82) is 0 Å². The average molecular weight is 371 g/mol. The second-order valence-electron chi connectivity index (χ2n) is 6.87. The van der Waals surface area contributed by atoms with Gasteiger partial charge in [0.2, 0.25) is 0 Å². The Labute approximate surface area is 156 Å². The van der Waals surface area contributed by atoms with E-state index in [2.05, 4.69) is 10.0 Å². The number of likely N-dealkylation sites (tertiary alicyclic amines) is 1. The van der Waals surface area contributed by atoms with E-state index in [9.17, 15) is 9.18 Å². The van der Waals surface area contributed by atoms with E-state index in [0.29, 0.717) is 13.0 Å². The Morgan fingerprint density at radius 1 is 1.15 bits per heavy atom. The lowest BCUT2D eigenvalue weighted by molar-refractivity contribution is -0.134. The minimum absolute atomic E-state index is 0.0211. The van der Waals surface area contributed by atoms with Gasteiger partial charge in [-0.1, -0.05) is 24.6 Å². The van der Waals surface area contributed by atoms with Gasteiger partial charge in [-0.15, -0.1) is 11.3 Å². The predicted molar refractivity (Wildman–Crippen MR) is 102 cm³/mol. The summed E-state index contributed by atoms with van der Waals surface area (Å²) in [5.41, 5.74) is 1.86. The van der Waals surface area contributed by atoms with Crippen LogP contribution in [0.2, 0.25) is 0 Å². The topological polar surface area (TPSA) is 35.9 Å². The van der Waals surface area contributed by atoms with Gasteiger partial charge in [0.1, 0.15) is 5.82 Å². The lowest BCUT2D eigenvalue weighted by atomic mass is 10.0. The zero-order chi connectivity index (χ0) is 17.9. The van der Waals surface area contributed by atoms with Crippen molar-refractivity contribution in [3.63, 3.8) is 0 Å². The number of thiophene rings is 1. The summed E-state index contributed by atoms with van der Waals surface area (Å²) in [4.78, 5) is 16.3. The molecule has 4 rings (SSSR count). The molecule has 1 amide bonds. The first kappa shape index (κ1) is 17.4. The van der Waals surface area contributed by atoms with Gasteiger partial charge in [-0.3, -0.25) is 9.69 Å². The van der Waals surface area contributed by atoms with Crippen LogP contribution in [0.3, 0.4) is 0 Å². The number of amides is 1. The summed E-state index contributed by atoms with van der Waals surface area (Å²) >= 11 is 1.63. The highest BCUT2D eigenvalue weighted by Crippen LogP contribution is 2.34. The van der Waals surface area contributed by atoms with Crippen molar-refractivity contribution in [2.45, 2.75) is 31.7 Å². The molecule has 2 aliphatic heterocycles. The fourth-order valence-electron chi connectivity index (χ4n) is 3.66. The van der Waals surface area contributed by atoms with Gasteiger partial charge in [-0.05, 0) is 55.1 Å². The molecule has 0 radical (unpaired) electrons. The highest BCUT2D eigenvalue weighted by molar-refractivity contribution is 7.12. The molecule has 6 heteroatoms. The molecule has 0 bridgehead atoms. The third kappa shape index (κ3) is 3.71. The highest BCUT2D eigenvalue weighted by atomic mass is 32.1. The molecular formula is C20H22FN3OS. The Morgan fingerprint density at radius 3 is 2.62 bits per heavy atom. The lowest BCUT2D eigenvalue weighted by Crippen LogP contribution is -2.40. The highest BCUT2D eigenvalue weighted by Gasteiger charge is 2.34. The number of piperidine rings is 1. The van der Waals surface area contributed by atoms with Crippen molar-refractivity contribution in [3.8, 4) is 0 Å².